The zero-order chi connectivity index (χ0) is 15.5. The van der Waals surface area contributed by atoms with Crippen LogP contribution in [0, 0.1) is 26.2 Å². The summed E-state index contributed by atoms with van der Waals surface area (Å²) in [5.74, 6) is 2.83. The molecule has 21 heavy (non-hydrogen) atoms. The summed E-state index contributed by atoms with van der Waals surface area (Å²) >= 11 is 0. The van der Waals surface area contributed by atoms with Crippen molar-refractivity contribution in [3.05, 3.63) is 70.8 Å². The maximum Gasteiger partial charge on any atom is 0.0748 e. The molecule has 0 bridgehead atoms. The molecule has 0 heterocycles. The Kier molecular flexibility index (Phi) is 4.50. The molecule has 1 heteroatoms. The third-order valence-corrected chi connectivity index (χ3v) is 3.74. The average molecular weight is 277 g/mol. The molecule has 2 aromatic rings. The Morgan fingerprint density at radius 3 is 2.29 bits per heavy atom. The largest absolute Gasteiger partial charge is 0.291 e. The molecule has 0 amide bonds. The molecule has 0 radical (unpaired) electrons. The van der Waals surface area contributed by atoms with Crippen molar-refractivity contribution >= 4 is 0 Å². The molecule has 0 aliphatic rings. The van der Waals surface area contributed by atoms with E-state index in [0.717, 1.165) is 0 Å². The van der Waals surface area contributed by atoms with Crippen LogP contribution in [0.5, 0.6) is 0 Å². The Balaban J connectivity index is 2.48. The quantitative estimate of drug-likeness (QED) is 0.817. The first kappa shape index (κ1) is 15.4. The first-order valence-corrected chi connectivity index (χ1v) is 7.30. The lowest BCUT2D eigenvalue weighted by atomic mass is 9.91. The van der Waals surface area contributed by atoms with E-state index in [4.69, 9.17) is 6.42 Å². The SMILES string of the molecule is C#CC(C)(C)NC(c1ccccc1)c1ccc(C)cc1C. The van der Waals surface area contributed by atoms with Crippen molar-refractivity contribution in [2.75, 3.05) is 0 Å². The minimum atomic E-state index is -0.363. The molecule has 0 spiro atoms. The van der Waals surface area contributed by atoms with Gasteiger partial charge in [0, 0.05) is 0 Å². The molecule has 0 aliphatic heterocycles. The molecular formula is C20H23N. The average Bonchev–Trinajstić information content (AvgIpc) is 2.46. The summed E-state index contributed by atoms with van der Waals surface area (Å²) < 4.78 is 0. The molecule has 0 fully saturated rings. The first-order valence-electron chi connectivity index (χ1n) is 7.30. The van der Waals surface area contributed by atoms with Crippen molar-refractivity contribution in [1.29, 1.82) is 0 Å². The Bertz CT molecular complexity index is 647. The number of terminal acetylenes is 1. The van der Waals surface area contributed by atoms with Gasteiger partial charge in [-0.1, -0.05) is 60.0 Å². The van der Waals surface area contributed by atoms with Crippen molar-refractivity contribution < 1.29 is 0 Å². The van der Waals surface area contributed by atoms with Crippen LogP contribution in [0.4, 0.5) is 0 Å². The highest BCUT2D eigenvalue weighted by Crippen LogP contribution is 2.27. The van der Waals surface area contributed by atoms with Crippen LogP contribution >= 0.6 is 0 Å². The minimum absolute atomic E-state index is 0.0952. The number of aryl methyl sites for hydroxylation is 2. The Hall–Kier alpha value is -2.04. The summed E-state index contributed by atoms with van der Waals surface area (Å²) in [6.07, 6.45) is 5.66. The summed E-state index contributed by atoms with van der Waals surface area (Å²) in [4.78, 5) is 0. The van der Waals surface area contributed by atoms with E-state index in [1.54, 1.807) is 0 Å². The third-order valence-electron chi connectivity index (χ3n) is 3.74. The lowest BCUT2D eigenvalue weighted by Gasteiger charge is -2.29. The van der Waals surface area contributed by atoms with Crippen molar-refractivity contribution in [3.8, 4) is 12.3 Å². The number of hydrogen-bond donors (Lipinski definition) is 1. The third kappa shape index (κ3) is 3.74. The Morgan fingerprint density at radius 2 is 1.71 bits per heavy atom. The fourth-order valence-corrected chi connectivity index (χ4v) is 2.54. The molecule has 0 aliphatic carbocycles. The van der Waals surface area contributed by atoms with E-state index < -0.39 is 0 Å². The predicted molar refractivity (Wildman–Crippen MR) is 90.2 cm³/mol. The highest BCUT2D eigenvalue weighted by atomic mass is 15.0. The van der Waals surface area contributed by atoms with E-state index >= 15 is 0 Å². The number of nitrogens with one attached hydrogen (secondary N) is 1. The van der Waals surface area contributed by atoms with Gasteiger partial charge in [-0.05, 0) is 44.4 Å². The second kappa shape index (κ2) is 6.16. The van der Waals surface area contributed by atoms with Gasteiger partial charge in [-0.2, -0.15) is 0 Å². The number of hydrogen-bond acceptors (Lipinski definition) is 1. The lowest BCUT2D eigenvalue weighted by Crippen LogP contribution is -2.41. The molecule has 0 saturated carbocycles. The smallest absolute Gasteiger partial charge is 0.0748 e. The fourth-order valence-electron chi connectivity index (χ4n) is 2.54. The van der Waals surface area contributed by atoms with Gasteiger partial charge < -0.3 is 0 Å². The van der Waals surface area contributed by atoms with Crippen molar-refractivity contribution in [1.82, 2.24) is 5.32 Å². The number of rotatable bonds is 4. The summed E-state index contributed by atoms with van der Waals surface area (Å²) in [5, 5.41) is 3.60. The maximum atomic E-state index is 5.66. The van der Waals surface area contributed by atoms with Crippen LogP contribution in [0.3, 0.4) is 0 Å². The van der Waals surface area contributed by atoms with E-state index in [-0.39, 0.29) is 11.6 Å². The summed E-state index contributed by atoms with van der Waals surface area (Å²) in [5.41, 5.74) is 4.70. The molecule has 1 N–H and O–H groups in total. The summed E-state index contributed by atoms with van der Waals surface area (Å²) in [7, 11) is 0. The Morgan fingerprint density at radius 1 is 1.05 bits per heavy atom. The van der Waals surface area contributed by atoms with Gasteiger partial charge in [0.2, 0.25) is 0 Å². The van der Waals surface area contributed by atoms with Crippen molar-refractivity contribution in [2.45, 2.75) is 39.3 Å². The summed E-state index contributed by atoms with van der Waals surface area (Å²) in [6.45, 7) is 8.34. The van der Waals surface area contributed by atoms with E-state index in [2.05, 4.69) is 67.5 Å². The normalized spacial score (nSPS) is 12.7. The van der Waals surface area contributed by atoms with Crippen molar-refractivity contribution in [2.24, 2.45) is 0 Å². The Labute approximate surface area is 128 Å². The fraction of sp³-hybridized carbons (Fsp3) is 0.300. The van der Waals surface area contributed by atoms with Crippen LogP contribution in [-0.4, -0.2) is 5.54 Å². The topological polar surface area (TPSA) is 12.0 Å². The van der Waals surface area contributed by atoms with E-state index in [1.807, 2.05) is 19.9 Å². The molecular weight excluding hydrogens is 254 g/mol. The number of benzene rings is 2. The zero-order valence-corrected chi connectivity index (χ0v) is 13.3. The molecule has 2 rings (SSSR count). The molecule has 1 atom stereocenters. The molecule has 2 aromatic carbocycles. The van der Waals surface area contributed by atoms with Gasteiger partial charge in [-0.15, -0.1) is 6.42 Å². The molecule has 1 nitrogen and oxygen atoms in total. The van der Waals surface area contributed by atoms with Crippen LogP contribution in [0.2, 0.25) is 0 Å². The minimum Gasteiger partial charge on any atom is -0.291 e. The van der Waals surface area contributed by atoms with E-state index in [1.165, 1.54) is 22.3 Å². The molecule has 0 aromatic heterocycles. The zero-order valence-electron chi connectivity index (χ0n) is 13.3. The van der Waals surface area contributed by atoms with Gasteiger partial charge in [0.05, 0.1) is 11.6 Å². The van der Waals surface area contributed by atoms with Gasteiger partial charge in [0.1, 0.15) is 0 Å². The van der Waals surface area contributed by atoms with E-state index in [9.17, 15) is 0 Å². The van der Waals surface area contributed by atoms with Gasteiger partial charge in [-0.25, -0.2) is 0 Å². The predicted octanol–water partition coefficient (Wildman–Crippen LogP) is 4.39. The van der Waals surface area contributed by atoms with Crippen LogP contribution in [0.25, 0.3) is 0 Å². The molecule has 1 unspecified atom stereocenters. The maximum absolute atomic E-state index is 5.66. The first-order chi connectivity index (χ1) is 9.93. The van der Waals surface area contributed by atoms with Gasteiger partial charge in [0.15, 0.2) is 0 Å². The van der Waals surface area contributed by atoms with Gasteiger partial charge in [-0.3, -0.25) is 5.32 Å². The van der Waals surface area contributed by atoms with Crippen molar-refractivity contribution in [3.63, 3.8) is 0 Å². The summed E-state index contributed by atoms with van der Waals surface area (Å²) in [6, 6.07) is 17.1. The van der Waals surface area contributed by atoms with E-state index in [0.29, 0.717) is 0 Å². The highest BCUT2D eigenvalue weighted by Gasteiger charge is 2.23. The second-order valence-electron chi connectivity index (χ2n) is 6.12. The monoisotopic (exact) mass is 277 g/mol. The highest BCUT2D eigenvalue weighted by molar-refractivity contribution is 5.39. The van der Waals surface area contributed by atoms with Gasteiger partial charge >= 0.3 is 0 Å². The molecule has 0 saturated heterocycles. The standard InChI is InChI=1S/C20H23N/c1-6-20(4,5)21-19(17-10-8-7-9-11-17)18-13-12-15(2)14-16(18)3/h1,7-14,19,21H,2-5H3. The van der Waals surface area contributed by atoms with Crippen LogP contribution in [0.1, 0.15) is 42.1 Å². The second-order valence-corrected chi connectivity index (χ2v) is 6.12. The molecule has 108 valence electrons. The lowest BCUT2D eigenvalue weighted by molar-refractivity contribution is 0.447. The van der Waals surface area contributed by atoms with Crippen LogP contribution in [0.15, 0.2) is 48.5 Å². The van der Waals surface area contributed by atoms with Gasteiger partial charge in [0.25, 0.3) is 0 Å². The van der Waals surface area contributed by atoms with Crippen LogP contribution < -0.4 is 5.32 Å². The van der Waals surface area contributed by atoms with Crippen LogP contribution in [-0.2, 0) is 0 Å².